The Morgan fingerprint density at radius 2 is 2.27 bits per heavy atom. The minimum Gasteiger partial charge on any atom is -0.393 e. The number of nitrogens with one attached hydrogen (secondary N) is 1. The average Bonchev–Trinajstić information content (AvgIpc) is 1.84. The second-order valence-electron chi connectivity index (χ2n) is 3.33. The number of aliphatic hydroxyl groups is 2. The monoisotopic (exact) mass is 159 g/mol. The highest BCUT2D eigenvalue weighted by Gasteiger charge is 2.40. The molecule has 4 nitrogen and oxygen atoms in total. The van der Waals surface area contributed by atoms with E-state index in [1.807, 2.05) is 6.92 Å². The molecule has 1 amide bonds. The van der Waals surface area contributed by atoms with Gasteiger partial charge >= 0.3 is 0 Å². The van der Waals surface area contributed by atoms with Crippen LogP contribution in [-0.2, 0) is 4.79 Å². The molecule has 0 aromatic carbocycles. The third-order valence-corrected chi connectivity index (χ3v) is 1.96. The van der Waals surface area contributed by atoms with Crippen molar-refractivity contribution in [3.63, 3.8) is 0 Å². The van der Waals surface area contributed by atoms with Crippen LogP contribution in [-0.4, -0.2) is 34.4 Å². The van der Waals surface area contributed by atoms with Crippen molar-refractivity contribution in [1.82, 2.24) is 5.32 Å². The van der Waals surface area contributed by atoms with Crippen molar-refractivity contribution in [2.75, 3.05) is 6.61 Å². The average molecular weight is 159 g/mol. The van der Waals surface area contributed by atoms with Gasteiger partial charge in [-0.3, -0.25) is 4.79 Å². The summed E-state index contributed by atoms with van der Waals surface area (Å²) < 4.78 is 0. The van der Waals surface area contributed by atoms with Crippen molar-refractivity contribution < 1.29 is 15.0 Å². The molecule has 1 rings (SSSR count). The van der Waals surface area contributed by atoms with E-state index >= 15 is 0 Å². The molecule has 0 radical (unpaired) electrons. The number of hydrogen-bond donors (Lipinski definition) is 3. The summed E-state index contributed by atoms with van der Waals surface area (Å²) in [5, 5.41) is 20.0. The predicted octanol–water partition coefficient (Wildman–Crippen LogP) is -0.992. The van der Waals surface area contributed by atoms with Crippen molar-refractivity contribution in [3.05, 3.63) is 0 Å². The molecule has 0 saturated heterocycles. The van der Waals surface area contributed by atoms with Crippen molar-refractivity contribution >= 4 is 5.91 Å². The van der Waals surface area contributed by atoms with Gasteiger partial charge < -0.3 is 15.5 Å². The van der Waals surface area contributed by atoms with Gasteiger partial charge in [-0.15, -0.1) is 0 Å². The van der Waals surface area contributed by atoms with Crippen molar-refractivity contribution in [2.24, 2.45) is 0 Å². The van der Waals surface area contributed by atoms with E-state index < -0.39 is 6.61 Å². The number of amides is 1. The van der Waals surface area contributed by atoms with E-state index in [9.17, 15) is 4.79 Å². The third kappa shape index (κ3) is 1.91. The van der Waals surface area contributed by atoms with E-state index in [-0.39, 0.29) is 17.6 Å². The van der Waals surface area contributed by atoms with E-state index in [4.69, 9.17) is 10.2 Å². The van der Waals surface area contributed by atoms with E-state index in [1.165, 1.54) is 0 Å². The molecule has 0 spiro atoms. The highest BCUT2D eigenvalue weighted by molar-refractivity contribution is 5.77. The second-order valence-corrected chi connectivity index (χ2v) is 3.33. The standard InChI is InChI=1S/C7H13NO3/c1-7(2-5(10)3-7)8-6(11)4-9/h5,9-10H,2-4H2,1H3,(H,8,11)/t5-,7+. The molecular weight excluding hydrogens is 146 g/mol. The summed E-state index contributed by atoms with van der Waals surface area (Å²) in [4.78, 5) is 10.7. The van der Waals surface area contributed by atoms with Gasteiger partial charge in [-0.1, -0.05) is 0 Å². The lowest BCUT2D eigenvalue weighted by molar-refractivity contribution is -0.128. The summed E-state index contributed by atoms with van der Waals surface area (Å²) in [6.07, 6.45) is 0.872. The lowest BCUT2D eigenvalue weighted by Crippen LogP contribution is -2.57. The van der Waals surface area contributed by atoms with Crippen LogP contribution >= 0.6 is 0 Å². The van der Waals surface area contributed by atoms with E-state index in [0.29, 0.717) is 12.8 Å². The SMILES string of the molecule is C[C@]1(NC(=O)CO)C[C@@H](O)C1. The Morgan fingerprint density at radius 1 is 1.73 bits per heavy atom. The first-order valence-electron chi connectivity index (χ1n) is 3.66. The summed E-state index contributed by atoms with van der Waals surface area (Å²) in [6, 6.07) is 0. The zero-order valence-electron chi connectivity index (χ0n) is 6.50. The predicted molar refractivity (Wildman–Crippen MR) is 38.9 cm³/mol. The largest absolute Gasteiger partial charge is 0.393 e. The Balaban J connectivity index is 2.32. The Morgan fingerprint density at radius 3 is 2.64 bits per heavy atom. The molecule has 0 unspecified atom stereocenters. The van der Waals surface area contributed by atoms with Gasteiger partial charge in [0.2, 0.25) is 5.91 Å². The van der Waals surface area contributed by atoms with Crippen LogP contribution in [0.2, 0.25) is 0 Å². The maximum atomic E-state index is 10.7. The van der Waals surface area contributed by atoms with Gasteiger partial charge in [0.1, 0.15) is 6.61 Å². The highest BCUT2D eigenvalue weighted by atomic mass is 16.3. The molecule has 0 heterocycles. The molecule has 0 aromatic heterocycles. The van der Waals surface area contributed by atoms with Crippen LogP contribution in [0.25, 0.3) is 0 Å². The van der Waals surface area contributed by atoms with Crippen LogP contribution in [0.4, 0.5) is 0 Å². The van der Waals surface area contributed by atoms with Crippen LogP contribution in [0.15, 0.2) is 0 Å². The third-order valence-electron chi connectivity index (χ3n) is 1.96. The molecule has 1 aliphatic rings. The number of rotatable bonds is 2. The quantitative estimate of drug-likeness (QED) is 0.484. The van der Waals surface area contributed by atoms with Gasteiger partial charge in [0.25, 0.3) is 0 Å². The first-order chi connectivity index (χ1) is 5.06. The number of hydrogen-bond acceptors (Lipinski definition) is 3. The first-order valence-corrected chi connectivity index (χ1v) is 3.66. The van der Waals surface area contributed by atoms with Gasteiger partial charge in [-0.05, 0) is 19.8 Å². The molecule has 11 heavy (non-hydrogen) atoms. The molecule has 4 heteroatoms. The Kier molecular flexibility index (Phi) is 2.15. The summed E-state index contributed by atoms with van der Waals surface area (Å²) in [5.41, 5.74) is -0.292. The number of carbonyl (C=O) groups excluding carboxylic acids is 1. The fourth-order valence-electron chi connectivity index (χ4n) is 1.46. The summed E-state index contributed by atoms with van der Waals surface area (Å²) in [7, 11) is 0. The first kappa shape index (κ1) is 8.49. The van der Waals surface area contributed by atoms with Crippen LogP contribution in [0.3, 0.4) is 0 Å². The molecule has 64 valence electrons. The van der Waals surface area contributed by atoms with Crippen molar-refractivity contribution in [1.29, 1.82) is 0 Å². The second kappa shape index (κ2) is 2.79. The van der Waals surface area contributed by atoms with Crippen LogP contribution in [0.5, 0.6) is 0 Å². The molecule has 1 fully saturated rings. The Labute approximate surface area is 65.2 Å². The molecule has 0 atom stereocenters. The summed E-state index contributed by atoms with van der Waals surface area (Å²) in [6.45, 7) is 1.37. The van der Waals surface area contributed by atoms with Crippen LogP contribution < -0.4 is 5.32 Å². The Bertz CT molecular complexity index is 163. The van der Waals surface area contributed by atoms with Gasteiger partial charge in [0.05, 0.1) is 6.10 Å². The minimum atomic E-state index is -0.480. The highest BCUT2D eigenvalue weighted by Crippen LogP contribution is 2.31. The van der Waals surface area contributed by atoms with E-state index in [1.54, 1.807) is 0 Å². The molecule has 0 aromatic rings. The maximum Gasteiger partial charge on any atom is 0.246 e. The van der Waals surface area contributed by atoms with E-state index in [2.05, 4.69) is 5.32 Å². The van der Waals surface area contributed by atoms with Gasteiger partial charge in [-0.2, -0.15) is 0 Å². The van der Waals surface area contributed by atoms with Crippen molar-refractivity contribution in [2.45, 2.75) is 31.4 Å². The lowest BCUT2D eigenvalue weighted by Gasteiger charge is -2.42. The summed E-state index contributed by atoms with van der Waals surface area (Å²) >= 11 is 0. The fraction of sp³-hybridized carbons (Fsp3) is 0.857. The van der Waals surface area contributed by atoms with Crippen LogP contribution in [0, 0.1) is 0 Å². The summed E-state index contributed by atoms with van der Waals surface area (Å²) in [5.74, 6) is -0.376. The van der Waals surface area contributed by atoms with Gasteiger partial charge in [0.15, 0.2) is 0 Å². The minimum absolute atomic E-state index is 0.292. The molecule has 0 aliphatic heterocycles. The smallest absolute Gasteiger partial charge is 0.246 e. The normalized spacial score (nSPS) is 36.1. The lowest BCUT2D eigenvalue weighted by atomic mass is 9.76. The molecule has 1 saturated carbocycles. The van der Waals surface area contributed by atoms with Crippen molar-refractivity contribution in [3.8, 4) is 0 Å². The molecule has 3 N–H and O–H groups in total. The zero-order chi connectivity index (χ0) is 8.48. The molecular formula is C7H13NO3. The maximum absolute atomic E-state index is 10.7. The van der Waals surface area contributed by atoms with Crippen LogP contribution in [0.1, 0.15) is 19.8 Å². The Hall–Kier alpha value is -0.610. The zero-order valence-corrected chi connectivity index (χ0v) is 6.50. The fourth-order valence-corrected chi connectivity index (χ4v) is 1.46. The number of aliphatic hydroxyl groups excluding tert-OH is 2. The molecule has 1 aliphatic carbocycles. The number of carbonyl (C=O) groups is 1. The van der Waals surface area contributed by atoms with Gasteiger partial charge in [-0.25, -0.2) is 0 Å². The topological polar surface area (TPSA) is 69.6 Å². The molecule has 0 bridgehead atoms. The van der Waals surface area contributed by atoms with Gasteiger partial charge in [0, 0.05) is 5.54 Å². The van der Waals surface area contributed by atoms with E-state index in [0.717, 1.165) is 0 Å².